The first-order valence-electron chi connectivity index (χ1n) is 13.3. The van der Waals surface area contributed by atoms with Crippen LogP contribution in [0.4, 0.5) is 0 Å². The number of hydrogen-bond donors (Lipinski definition) is 3. The van der Waals surface area contributed by atoms with Crippen LogP contribution in [0.15, 0.2) is 54.1 Å². The zero-order valence-corrected chi connectivity index (χ0v) is 22.9. The number of para-hydroxylation sites is 1. The Morgan fingerprint density at radius 3 is 2.59 bits per heavy atom. The molecule has 1 aliphatic carbocycles. The lowest BCUT2D eigenvalue weighted by Crippen LogP contribution is -2.56. The lowest BCUT2D eigenvalue weighted by atomic mass is 9.77. The molecule has 4 atom stereocenters. The third-order valence-corrected chi connectivity index (χ3v) is 7.25. The Bertz CT molecular complexity index is 1210. The van der Waals surface area contributed by atoms with Crippen molar-refractivity contribution in [3.8, 4) is 17.2 Å². The number of nitrogens with zero attached hydrogens (tertiary/aromatic N) is 1. The van der Waals surface area contributed by atoms with Crippen molar-refractivity contribution in [1.29, 1.82) is 0 Å². The summed E-state index contributed by atoms with van der Waals surface area (Å²) >= 11 is 0. The van der Waals surface area contributed by atoms with Gasteiger partial charge in [-0.2, -0.15) is 0 Å². The van der Waals surface area contributed by atoms with E-state index in [1.165, 1.54) is 0 Å². The molecule has 2 aromatic carbocycles. The van der Waals surface area contributed by atoms with Crippen LogP contribution in [0.2, 0.25) is 0 Å². The maximum absolute atomic E-state index is 13.6. The topological polar surface area (TPSA) is 118 Å². The molecule has 0 radical (unpaired) electrons. The lowest BCUT2D eigenvalue weighted by Gasteiger charge is -2.41. The van der Waals surface area contributed by atoms with Gasteiger partial charge in [0.25, 0.3) is 0 Å². The smallest absolute Gasteiger partial charge is 0.247 e. The molecule has 3 N–H and O–H groups in total. The first-order chi connectivity index (χ1) is 18.8. The lowest BCUT2D eigenvalue weighted by molar-refractivity contribution is -0.137. The minimum absolute atomic E-state index is 0.0922. The number of hydrogen-bond acceptors (Lipinski definition) is 7. The van der Waals surface area contributed by atoms with Crippen molar-refractivity contribution < 1.29 is 34.0 Å². The standard InChI is InChI=1S/C30H38N2O7/c1-18(2)15-26(34)32(13-11-19-16-20(37-3)9-10-24(19)38-4)23-17-22(30(36)31-12-14-33)27-21-7-5-6-8-25(21)39-29(27)28(23)35/h5-10,16-18,23,27-29,33,35H,11-15H2,1-4H3,(H,31,36)/t23-,27+,28+,29+/m1/s1. The van der Waals surface area contributed by atoms with E-state index in [9.17, 15) is 19.8 Å². The zero-order valence-electron chi connectivity index (χ0n) is 22.9. The molecular formula is C30H38N2O7. The minimum Gasteiger partial charge on any atom is -0.497 e. The Morgan fingerprint density at radius 2 is 1.90 bits per heavy atom. The van der Waals surface area contributed by atoms with E-state index in [1.54, 1.807) is 25.2 Å². The van der Waals surface area contributed by atoms with E-state index >= 15 is 0 Å². The predicted octanol–water partition coefficient (Wildman–Crippen LogP) is 2.44. The quantitative estimate of drug-likeness (QED) is 0.402. The van der Waals surface area contributed by atoms with E-state index in [0.29, 0.717) is 29.2 Å². The van der Waals surface area contributed by atoms with Crippen molar-refractivity contribution in [3.05, 3.63) is 65.2 Å². The average molecular weight is 539 g/mol. The Kier molecular flexibility index (Phi) is 9.14. The van der Waals surface area contributed by atoms with Gasteiger partial charge < -0.3 is 34.6 Å². The van der Waals surface area contributed by atoms with Crippen LogP contribution in [-0.2, 0) is 16.0 Å². The summed E-state index contributed by atoms with van der Waals surface area (Å²) < 4.78 is 17.1. The van der Waals surface area contributed by atoms with Crippen LogP contribution in [0.1, 0.15) is 37.3 Å². The van der Waals surface area contributed by atoms with Gasteiger partial charge in [-0.05, 0) is 48.2 Å². The molecule has 0 saturated carbocycles. The van der Waals surface area contributed by atoms with E-state index in [4.69, 9.17) is 14.2 Å². The summed E-state index contributed by atoms with van der Waals surface area (Å²) in [6.07, 6.45) is 0.620. The largest absolute Gasteiger partial charge is 0.497 e. The van der Waals surface area contributed by atoms with Crippen LogP contribution >= 0.6 is 0 Å². The van der Waals surface area contributed by atoms with Crippen LogP contribution < -0.4 is 19.5 Å². The second-order valence-electron chi connectivity index (χ2n) is 10.3. The van der Waals surface area contributed by atoms with Crippen molar-refractivity contribution in [1.82, 2.24) is 10.2 Å². The van der Waals surface area contributed by atoms with E-state index in [1.807, 2.05) is 56.3 Å². The summed E-state index contributed by atoms with van der Waals surface area (Å²) in [4.78, 5) is 28.6. The normalized spacial score (nSPS) is 21.4. The number of fused-ring (bicyclic) bond motifs is 3. The molecular weight excluding hydrogens is 500 g/mol. The number of aliphatic hydroxyl groups excluding tert-OH is 2. The van der Waals surface area contributed by atoms with Crippen molar-refractivity contribution in [2.75, 3.05) is 33.9 Å². The van der Waals surface area contributed by atoms with Crippen molar-refractivity contribution in [3.63, 3.8) is 0 Å². The molecule has 9 heteroatoms. The molecule has 0 unspecified atom stereocenters. The molecule has 0 bridgehead atoms. The van der Waals surface area contributed by atoms with E-state index < -0.39 is 24.2 Å². The number of benzene rings is 2. The zero-order chi connectivity index (χ0) is 28.1. The molecule has 0 aromatic heterocycles. The van der Waals surface area contributed by atoms with Gasteiger partial charge in [0.1, 0.15) is 29.5 Å². The summed E-state index contributed by atoms with van der Waals surface area (Å²) in [5, 5.41) is 23.7. The van der Waals surface area contributed by atoms with Crippen LogP contribution in [0, 0.1) is 5.92 Å². The fourth-order valence-electron chi connectivity index (χ4n) is 5.42. The molecule has 9 nitrogen and oxygen atoms in total. The molecule has 2 aliphatic rings. The number of carbonyl (C=O) groups is 2. The van der Waals surface area contributed by atoms with Gasteiger partial charge in [0.2, 0.25) is 11.8 Å². The first-order valence-corrected chi connectivity index (χ1v) is 13.3. The predicted molar refractivity (Wildman–Crippen MR) is 146 cm³/mol. The Balaban J connectivity index is 1.72. The molecule has 1 aliphatic heterocycles. The Morgan fingerprint density at radius 1 is 1.13 bits per heavy atom. The number of methoxy groups -OCH3 is 2. The summed E-state index contributed by atoms with van der Waals surface area (Å²) in [5.41, 5.74) is 2.08. The SMILES string of the molecule is COc1ccc(OC)c(CCN(C(=O)CC(C)C)[C@@H]2C=C(C(=O)NCCO)[C@@H]3c4ccccc4O[C@@H]3[C@H]2O)c1. The van der Waals surface area contributed by atoms with E-state index in [-0.39, 0.29) is 43.8 Å². The van der Waals surface area contributed by atoms with Gasteiger partial charge >= 0.3 is 0 Å². The third kappa shape index (κ3) is 6.04. The number of aliphatic hydroxyl groups is 2. The monoisotopic (exact) mass is 538 g/mol. The number of nitrogens with one attached hydrogen (secondary N) is 1. The summed E-state index contributed by atoms with van der Waals surface area (Å²) in [5.74, 6) is 1.07. The molecule has 2 amide bonds. The fourth-order valence-corrected chi connectivity index (χ4v) is 5.42. The average Bonchev–Trinajstić information content (AvgIpc) is 3.32. The molecule has 0 saturated heterocycles. The molecule has 0 spiro atoms. The molecule has 2 aromatic rings. The summed E-state index contributed by atoms with van der Waals surface area (Å²) in [6.45, 7) is 4.11. The molecule has 210 valence electrons. The van der Waals surface area contributed by atoms with Crippen molar-refractivity contribution in [2.45, 2.75) is 50.9 Å². The van der Waals surface area contributed by atoms with Crippen LogP contribution in [0.5, 0.6) is 17.2 Å². The van der Waals surface area contributed by atoms with Gasteiger partial charge in [0, 0.05) is 30.6 Å². The highest BCUT2D eigenvalue weighted by Crippen LogP contribution is 2.47. The number of carbonyl (C=O) groups excluding carboxylic acids is 2. The minimum atomic E-state index is -1.07. The molecule has 4 rings (SSSR count). The van der Waals surface area contributed by atoms with E-state index in [0.717, 1.165) is 11.1 Å². The van der Waals surface area contributed by atoms with Gasteiger partial charge in [-0.25, -0.2) is 0 Å². The van der Waals surface area contributed by atoms with Gasteiger partial charge in [0.05, 0.1) is 32.8 Å². The highest BCUT2D eigenvalue weighted by molar-refractivity contribution is 5.96. The molecule has 1 heterocycles. The number of rotatable bonds is 11. The fraction of sp³-hybridized carbons (Fsp3) is 0.467. The Labute approximate surface area is 229 Å². The number of ether oxygens (including phenoxy) is 3. The van der Waals surface area contributed by atoms with Crippen LogP contribution in [0.3, 0.4) is 0 Å². The second kappa shape index (κ2) is 12.5. The molecule has 0 fully saturated rings. The van der Waals surface area contributed by atoms with Crippen molar-refractivity contribution in [2.24, 2.45) is 5.92 Å². The first kappa shape index (κ1) is 28.4. The molecule has 39 heavy (non-hydrogen) atoms. The van der Waals surface area contributed by atoms with E-state index in [2.05, 4.69) is 5.32 Å². The highest BCUT2D eigenvalue weighted by atomic mass is 16.5. The maximum atomic E-state index is 13.6. The second-order valence-corrected chi connectivity index (χ2v) is 10.3. The maximum Gasteiger partial charge on any atom is 0.247 e. The van der Waals surface area contributed by atoms with Crippen LogP contribution in [0.25, 0.3) is 0 Å². The summed E-state index contributed by atoms with van der Waals surface area (Å²) in [6, 6.07) is 12.1. The Hall–Kier alpha value is -3.56. The summed E-state index contributed by atoms with van der Waals surface area (Å²) in [7, 11) is 3.18. The number of amides is 2. The van der Waals surface area contributed by atoms with Gasteiger partial charge in [-0.1, -0.05) is 32.0 Å². The van der Waals surface area contributed by atoms with Gasteiger partial charge in [-0.15, -0.1) is 0 Å². The van der Waals surface area contributed by atoms with Gasteiger partial charge in [-0.3, -0.25) is 9.59 Å². The highest BCUT2D eigenvalue weighted by Gasteiger charge is 2.50. The van der Waals surface area contributed by atoms with Crippen LogP contribution in [-0.4, -0.2) is 79.1 Å². The van der Waals surface area contributed by atoms with Crippen molar-refractivity contribution >= 4 is 11.8 Å². The van der Waals surface area contributed by atoms with Gasteiger partial charge in [0.15, 0.2) is 0 Å². The third-order valence-electron chi connectivity index (χ3n) is 7.25.